The fourth-order valence-corrected chi connectivity index (χ4v) is 5.87. The molecule has 31 heavy (non-hydrogen) atoms. The first-order valence-electron chi connectivity index (χ1n) is 10.3. The van der Waals surface area contributed by atoms with Crippen molar-refractivity contribution < 1.29 is 9.59 Å². The van der Waals surface area contributed by atoms with E-state index in [-0.39, 0.29) is 29.9 Å². The van der Waals surface area contributed by atoms with Gasteiger partial charge in [0.05, 0.1) is 5.41 Å². The second-order valence-corrected chi connectivity index (χ2v) is 9.41. The summed E-state index contributed by atoms with van der Waals surface area (Å²) < 4.78 is 0. The number of rotatable bonds is 2. The molecule has 3 aromatic carbocycles. The number of Topliss-reactive ketones (excluding diaryl/α,β-unsaturated/α-hetero) is 1. The van der Waals surface area contributed by atoms with Gasteiger partial charge < -0.3 is 5.32 Å². The van der Waals surface area contributed by atoms with Gasteiger partial charge in [0.2, 0.25) is 5.91 Å². The Morgan fingerprint density at radius 2 is 1.48 bits per heavy atom. The van der Waals surface area contributed by atoms with Crippen molar-refractivity contribution in [2.45, 2.75) is 37.0 Å². The van der Waals surface area contributed by atoms with E-state index in [1.165, 1.54) is 0 Å². The first-order valence-corrected chi connectivity index (χ1v) is 11.1. The van der Waals surface area contributed by atoms with Crippen LogP contribution in [0.5, 0.6) is 0 Å². The predicted molar refractivity (Wildman–Crippen MR) is 124 cm³/mol. The molecule has 1 N–H and O–H groups in total. The fourth-order valence-electron chi connectivity index (χ4n) is 5.50. The molecule has 3 nitrogen and oxygen atoms in total. The Balaban J connectivity index is 1.81. The van der Waals surface area contributed by atoms with Crippen LogP contribution in [-0.4, -0.2) is 11.7 Å². The number of carbonyl (C=O) groups is 2. The molecule has 156 valence electrons. The van der Waals surface area contributed by atoms with Crippen LogP contribution in [-0.2, 0) is 15.0 Å². The maximum absolute atomic E-state index is 13.9. The van der Waals surface area contributed by atoms with Crippen LogP contribution in [0.1, 0.15) is 46.9 Å². The number of benzene rings is 3. The average molecular weight is 450 g/mol. The molecule has 0 bridgehead atoms. The highest BCUT2D eigenvalue weighted by molar-refractivity contribution is 6.31. The van der Waals surface area contributed by atoms with E-state index >= 15 is 0 Å². The maximum atomic E-state index is 13.9. The van der Waals surface area contributed by atoms with Crippen molar-refractivity contribution in [2.75, 3.05) is 5.32 Å². The van der Waals surface area contributed by atoms with E-state index in [4.69, 9.17) is 23.2 Å². The highest BCUT2D eigenvalue weighted by atomic mass is 35.5. The van der Waals surface area contributed by atoms with Gasteiger partial charge in [0.25, 0.3) is 0 Å². The summed E-state index contributed by atoms with van der Waals surface area (Å²) in [5, 5.41) is 4.23. The molecule has 5 rings (SSSR count). The molecule has 1 aliphatic heterocycles. The van der Waals surface area contributed by atoms with Crippen LogP contribution in [0.25, 0.3) is 0 Å². The molecule has 1 fully saturated rings. The number of carbonyl (C=O) groups excluding carboxylic acids is 2. The molecule has 3 aromatic rings. The Labute approximate surface area is 191 Å². The van der Waals surface area contributed by atoms with E-state index in [2.05, 4.69) is 11.4 Å². The number of fused-ring (bicyclic) bond motifs is 2. The zero-order chi connectivity index (χ0) is 21.8. The van der Waals surface area contributed by atoms with Crippen molar-refractivity contribution in [2.24, 2.45) is 0 Å². The molecule has 1 amide bonds. The third kappa shape index (κ3) is 3.19. The molecule has 1 aliphatic carbocycles. The monoisotopic (exact) mass is 449 g/mol. The maximum Gasteiger partial charge on any atom is 0.236 e. The topological polar surface area (TPSA) is 46.2 Å². The molecule has 3 atom stereocenters. The molecule has 0 radical (unpaired) electrons. The minimum atomic E-state index is -0.924. The van der Waals surface area contributed by atoms with Gasteiger partial charge in [-0.1, -0.05) is 71.2 Å². The van der Waals surface area contributed by atoms with Crippen molar-refractivity contribution >= 4 is 40.6 Å². The molecule has 1 saturated carbocycles. The molecule has 5 heteroatoms. The Morgan fingerprint density at radius 3 is 2.16 bits per heavy atom. The molecule has 1 spiro atoms. The van der Waals surface area contributed by atoms with Crippen LogP contribution < -0.4 is 5.32 Å². The normalized spacial score (nSPS) is 24.9. The lowest BCUT2D eigenvalue weighted by atomic mass is 9.54. The van der Waals surface area contributed by atoms with Crippen LogP contribution in [0.2, 0.25) is 10.0 Å². The largest absolute Gasteiger partial charge is 0.325 e. The molecule has 0 aromatic heterocycles. The quantitative estimate of drug-likeness (QED) is 0.490. The molecule has 2 unspecified atom stereocenters. The van der Waals surface area contributed by atoms with Crippen molar-refractivity contribution in [3.05, 3.63) is 99.0 Å². The SMILES string of the molecule is Cc1cccc(C2CC(=O)CC(c3cccc(Cl)c3)[C@]23C(=O)Nc2cc(Cl)ccc23)c1. The van der Waals surface area contributed by atoms with Crippen molar-refractivity contribution in [3.63, 3.8) is 0 Å². The first kappa shape index (κ1) is 20.3. The van der Waals surface area contributed by atoms with E-state index < -0.39 is 5.41 Å². The smallest absolute Gasteiger partial charge is 0.236 e. The van der Waals surface area contributed by atoms with Crippen molar-refractivity contribution in [1.82, 2.24) is 0 Å². The molecular weight excluding hydrogens is 429 g/mol. The number of hydrogen-bond donors (Lipinski definition) is 1. The predicted octanol–water partition coefficient (Wildman–Crippen LogP) is 6.42. The summed E-state index contributed by atoms with van der Waals surface area (Å²) in [5.74, 6) is -0.563. The van der Waals surface area contributed by atoms with E-state index in [1.54, 1.807) is 6.07 Å². The number of nitrogens with one attached hydrogen (secondary N) is 1. The van der Waals surface area contributed by atoms with Gasteiger partial charge in [-0.05, 0) is 47.9 Å². The minimum absolute atomic E-state index is 0.0891. The Morgan fingerprint density at radius 1 is 0.839 bits per heavy atom. The number of hydrogen-bond acceptors (Lipinski definition) is 2. The second-order valence-electron chi connectivity index (χ2n) is 8.53. The van der Waals surface area contributed by atoms with Gasteiger partial charge >= 0.3 is 0 Å². The first-order chi connectivity index (χ1) is 14.9. The van der Waals surface area contributed by atoms with Crippen LogP contribution in [0.15, 0.2) is 66.7 Å². The van der Waals surface area contributed by atoms with E-state index in [0.29, 0.717) is 16.5 Å². The molecule has 0 saturated heterocycles. The molecule has 1 heterocycles. The molecule has 2 aliphatic rings. The number of aryl methyl sites for hydroxylation is 1. The molecular formula is C26H21Cl2NO2. The van der Waals surface area contributed by atoms with Crippen LogP contribution >= 0.6 is 23.2 Å². The summed E-state index contributed by atoms with van der Waals surface area (Å²) in [7, 11) is 0. The summed E-state index contributed by atoms with van der Waals surface area (Å²) in [5.41, 5.74) is 3.68. The lowest BCUT2D eigenvalue weighted by Gasteiger charge is -2.46. The summed E-state index contributed by atoms with van der Waals surface area (Å²) in [6, 6.07) is 21.2. The number of anilines is 1. The average Bonchev–Trinajstić information content (AvgIpc) is 3.01. The van der Waals surface area contributed by atoms with Gasteiger partial charge in [-0.3, -0.25) is 9.59 Å². The third-order valence-corrected chi connectivity index (χ3v) is 7.18. The summed E-state index contributed by atoms with van der Waals surface area (Å²) in [6.45, 7) is 2.03. The highest BCUT2D eigenvalue weighted by Gasteiger charge is 2.60. The Hall–Kier alpha value is -2.62. The van der Waals surface area contributed by atoms with Gasteiger partial charge in [-0.25, -0.2) is 0 Å². The van der Waals surface area contributed by atoms with E-state index in [0.717, 1.165) is 27.9 Å². The van der Waals surface area contributed by atoms with Gasteiger partial charge in [0.15, 0.2) is 0 Å². The van der Waals surface area contributed by atoms with Crippen LogP contribution in [0.3, 0.4) is 0 Å². The number of ketones is 1. The van der Waals surface area contributed by atoms with Gasteiger partial charge in [-0.15, -0.1) is 0 Å². The number of amides is 1. The van der Waals surface area contributed by atoms with E-state index in [9.17, 15) is 9.59 Å². The lowest BCUT2D eigenvalue weighted by molar-refractivity contribution is -0.128. The summed E-state index contributed by atoms with van der Waals surface area (Å²) >= 11 is 12.6. The Kier molecular flexibility index (Phi) is 4.91. The van der Waals surface area contributed by atoms with Crippen LogP contribution in [0.4, 0.5) is 5.69 Å². The zero-order valence-electron chi connectivity index (χ0n) is 17.0. The third-order valence-electron chi connectivity index (χ3n) is 6.71. The van der Waals surface area contributed by atoms with Gasteiger partial charge in [0.1, 0.15) is 5.78 Å². The van der Waals surface area contributed by atoms with Crippen molar-refractivity contribution in [1.29, 1.82) is 0 Å². The Bertz CT molecular complexity index is 1160. The lowest BCUT2D eigenvalue weighted by Crippen LogP contribution is -2.50. The zero-order valence-corrected chi connectivity index (χ0v) is 18.5. The van der Waals surface area contributed by atoms with Crippen molar-refractivity contribution in [3.8, 4) is 0 Å². The van der Waals surface area contributed by atoms with Gasteiger partial charge in [-0.2, -0.15) is 0 Å². The minimum Gasteiger partial charge on any atom is -0.325 e. The van der Waals surface area contributed by atoms with Crippen LogP contribution in [0, 0.1) is 6.92 Å². The second kappa shape index (κ2) is 7.51. The summed E-state index contributed by atoms with van der Waals surface area (Å²) in [4.78, 5) is 26.9. The number of halogens is 2. The fraction of sp³-hybridized carbons (Fsp3) is 0.231. The highest BCUT2D eigenvalue weighted by Crippen LogP contribution is 2.60. The standard InChI is InChI=1S/C26H21Cl2NO2/c1-15-4-2-5-16(10-15)22-13-20(30)14-23(17-6-3-7-18(27)11-17)26(22)21-9-8-19(28)12-24(21)29-25(26)31/h2-12,22-23H,13-14H2,1H3,(H,29,31)/t22?,23?,26-/m1/s1. The van der Waals surface area contributed by atoms with Gasteiger partial charge in [0, 0.05) is 40.4 Å². The van der Waals surface area contributed by atoms with E-state index in [1.807, 2.05) is 61.5 Å². The summed E-state index contributed by atoms with van der Waals surface area (Å²) in [6.07, 6.45) is 0.605.